The molecule has 6 nitrogen and oxygen atoms in total. The zero-order valence-corrected chi connectivity index (χ0v) is 20.3. The Morgan fingerprint density at radius 3 is 1.81 bits per heavy atom. The second-order valence-corrected chi connectivity index (χ2v) is 12.9. The number of hydrogen-bond donors (Lipinski definition) is 2. The van der Waals surface area contributed by atoms with Crippen LogP contribution in [0.5, 0.6) is 0 Å². The van der Waals surface area contributed by atoms with Gasteiger partial charge in [-0.15, -0.1) is 0 Å². The molecule has 0 radical (unpaired) electrons. The van der Waals surface area contributed by atoms with E-state index in [-0.39, 0.29) is 21.0 Å². The third-order valence-corrected chi connectivity index (χ3v) is 11.6. The summed E-state index contributed by atoms with van der Waals surface area (Å²) in [6.45, 7) is 4.57. The van der Waals surface area contributed by atoms with E-state index in [0.29, 0.717) is 11.5 Å². The molecular formula is C25H37N2O4P. The van der Waals surface area contributed by atoms with Crippen LogP contribution < -0.4 is 0 Å². The third kappa shape index (κ3) is 4.62. The van der Waals surface area contributed by atoms with Crippen molar-refractivity contribution in [2.24, 2.45) is 0 Å². The molecule has 0 aromatic rings. The number of nitrogens with zero attached hydrogens (tertiary/aromatic N) is 2. The maximum atomic E-state index is 12.0. The molecule has 2 amide bonds. The highest BCUT2D eigenvalue weighted by Gasteiger charge is 2.45. The van der Waals surface area contributed by atoms with Gasteiger partial charge in [-0.3, -0.25) is 9.80 Å². The van der Waals surface area contributed by atoms with Gasteiger partial charge in [0.15, 0.2) is 0 Å². The summed E-state index contributed by atoms with van der Waals surface area (Å²) in [6, 6.07) is 0. The van der Waals surface area contributed by atoms with Crippen LogP contribution in [0.15, 0.2) is 34.7 Å². The first-order valence-electron chi connectivity index (χ1n) is 12.3. The van der Waals surface area contributed by atoms with E-state index in [4.69, 9.17) is 0 Å². The summed E-state index contributed by atoms with van der Waals surface area (Å²) >= 11 is 0. The predicted octanol–water partition coefficient (Wildman–Crippen LogP) is 6.59. The van der Waals surface area contributed by atoms with Crippen LogP contribution in [0.25, 0.3) is 0 Å². The molecule has 0 spiro atoms. The highest BCUT2D eigenvalue weighted by atomic mass is 31.1. The van der Waals surface area contributed by atoms with Crippen LogP contribution in [0, 0.1) is 0 Å². The number of hydrogen-bond acceptors (Lipinski definition) is 2. The Hall–Kier alpha value is -1.81. The first kappa shape index (κ1) is 23.4. The van der Waals surface area contributed by atoms with Gasteiger partial charge in [-0.1, -0.05) is 51.3 Å². The van der Waals surface area contributed by atoms with E-state index in [2.05, 4.69) is 26.0 Å². The molecule has 2 N–H and O–H groups in total. The summed E-state index contributed by atoms with van der Waals surface area (Å²) in [4.78, 5) is 26.5. The first-order valence-corrected chi connectivity index (χ1v) is 13.8. The van der Waals surface area contributed by atoms with Gasteiger partial charge in [0, 0.05) is 18.7 Å². The Bertz CT molecular complexity index is 793. The number of carbonyl (C=O) groups is 2. The second kappa shape index (κ2) is 9.99. The topological polar surface area (TPSA) is 81.1 Å². The summed E-state index contributed by atoms with van der Waals surface area (Å²) in [5.41, 5.74) is 5.47. The van der Waals surface area contributed by atoms with E-state index >= 15 is 0 Å². The molecule has 4 rings (SSSR count). The van der Waals surface area contributed by atoms with Crippen LogP contribution in [0.1, 0.15) is 78.1 Å². The number of carboxylic acid groups (broad SMARTS) is 2. The Kier molecular flexibility index (Phi) is 7.29. The molecule has 176 valence electrons. The summed E-state index contributed by atoms with van der Waals surface area (Å²) in [6.07, 6.45) is 14.7. The Labute approximate surface area is 192 Å². The molecule has 1 atom stereocenters. The molecule has 1 unspecified atom stereocenters. The molecule has 4 fully saturated rings. The van der Waals surface area contributed by atoms with Crippen LogP contribution in [0.2, 0.25) is 0 Å². The monoisotopic (exact) mass is 460 g/mol. The average molecular weight is 461 g/mol. The molecule has 0 aromatic carbocycles. The fraction of sp³-hybridized carbons (Fsp3) is 0.680. The lowest BCUT2D eigenvalue weighted by Crippen LogP contribution is -2.32. The van der Waals surface area contributed by atoms with Gasteiger partial charge in [-0.2, -0.15) is 0 Å². The van der Waals surface area contributed by atoms with Crippen molar-refractivity contribution >= 4 is 20.1 Å². The van der Waals surface area contributed by atoms with Crippen molar-refractivity contribution in [3.63, 3.8) is 0 Å². The molecular weight excluding hydrogens is 423 g/mol. The lowest BCUT2D eigenvalue weighted by molar-refractivity contribution is 0.152. The van der Waals surface area contributed by atoms with Crippen LogP contribution in [0.4, 0.5) is 9.59 Å². The van der Waals surface area contributed by atoms with Gasteiger partial charge in [0.05, 0.1) is 0 Å². The van der Waals surface area contributed by atoms with Crippen molar-refractivity contribution in [2.75, 3.05) is 13.1 Å². The van der Waals surface area contributed by atoms with Gasteiger partial charge >= 0.3 is 12.2 Å². The molecule has 7 heteroatoms. The summed E-state index contributed by atoms with van der Waals surface area (Å²) in [7, 11) is -0.198. The third-order valence-electron chi connectivity index (χ3n) is 7.61. The van der Waals surface area contributed by atoms with E-state index in [1.807, 2.05) is 0 Å². The minimum atomic E-state index is -1.06. The lowest BCUT2D eigenvalue weighted by Gasteiger charge is -2.36. The maximum Gasteiger partial charge on any atom is 0.413 e. The molecule has 1 heterocycles. The van der Waals surface area contributed by atoms with E-state index in [1.165, 1.54) is 72.3 Å². The summed E-state index contributed by atoms with van der Waals surface area (Å²) < 4.78 is 0. The van der Waals surface area contributed by atoms with Crippen molar-refractivity contribution in [1.82, 2.24) is 9.80 Å². The predicted molar refractivity (Wildman–Crippen MR) is 128 cm³/mol. The molecule has 0 aromatic heterocycles. The highest BCUT2D eigenvalue weighted by Crippen LogP contribution is 2.65. The molecule has 1 saturated heterocycles. The normalized spacial score (nSPS) is 26.2. The molecule has 0 bridgehead atoms. The molecule has 32 heavy (non-hydrogen) atoms. The number of amides is 2. The van der Waals surface area contributed by atoms with E-state index in [1.54, 1.807) is 0 Å². The Morgan fingerprint density at radius 1 is 0.875 bits per heavy atom. The van der Waals surface area contributed by atoms with Crippen LogP contribution in [0.3, 0.4) is 0 Å². The quantitative estimate of drug-likeness (QED) is 0.464. The van der Waals surface area contributed by atoms with Crippen molar-refractivity contribution in [1.29, 1.82) is 0 Å². The number of allylic oxidation sites excluding steroid dienone is 5. The first-order chi connectivity index (χ1) is 15.4. The fourth-order valence-electron chi connectivity index (χ4n) is 6.27. The Balaban J connectivity index is 1.79. The van der Waals surface area contributed by atoms with Gasteiger partial charge in [0.25, 0.3) is 0 Å². The van der Waals surface area contributed by atoms with E-state index in [0.717, 1.165) is 29.7 Å². The average Bonchev–Trinajstić information content (AvgIpc) is 3.52. The Morgan fingerprint density at radius 2 is 1.38 bits per heavy atom. The largest absolute Gasteiger partial charge is 0.465 e. The number of rotatable bonds is 4. The zero-order valence-electron chi connectivity index (χ0n) is 19.4. The molecule has 3 aliphatic carbocycles. The maximum absolute atomic E-state index is 12.0. The van der Waals surface area contributed by atoms with Crippen LogP contribution >= 0.6 is 7.92 Å². The van der Waals surface area contributed by atoms with Crippen molar-refractivity contribution in [3.8, 4) is 0 Å². The summed E-state index contributed by atoms with van der Waals surface area (Å²) in [5.74, 6) is 0.397. The van der Waals surface area contributed by atoms with E-state index < -0.39 is 12.2 Å². The summed E-state index contributed by atoms with van der Waals surface area (Å²) in [5, 5.41) is 19.6. The van der Waals surface area contributed by atoms with Gasteiger partial charge in [-0.05, 0) is 74.8 Å². The van der Waals surface area contributed by atoms with Gasteiger partial charge in [-0.25, -0.2) is 9.59 Å². The smallest absolute Gasteiger partial charge is 0.413 e. The van der Waals surface area contributed by atoms with Crippen LogP contribution in [-0.2, 0) is 0 Å². The second-order valence-electron chi connectivity index (χ2n) is 9.91. The van der Waals surface area contributed by atoms with E-state index in [9.17, 15) is 19.8 Å². The lowest BCUT2D eigenvalue weighted by atomic mass is 10.1. The SMILES string of the molecule is CC(C)=CC=C1C(=C2N(C(=O)O)CCN2C(=O)O)CCC1P(C1CCCC1)C1CCCC1. The molecule has 4 aliphatic rings. The van der Waals surface area contributed by atoms with Crippen LogP contribution in [-0.4, -0.2) is 62.3 Å². The van der Waals surface area contributed by atoms with Crippen molar-refractivity contribution in [2.45, 2.75) is 95.0 Å². The molecule has 3 saturated carbocycles. The highest BCUT2D eigenvalue weighted by molar-refractivity contribution is 7.60. The van der Waals surface area contributed by atoms with Gasteiger partial charge in [0.1, 0.15) is 5.82 Å². The zero-order chi connectivity index (χ0) is 22.8. The fourth-order valence-corrected chi connectivity index (χ4v) is 10.8. The van der Waals surface area contributed by atoms with Crippen molar-refractivity contribution < 1.29 is 19.8 Å². The molecule has 1 aliphatic heterocycles. The standard InChI is InChI=1S/C25H37N2O4P/c1-17(2)11-12-20-21(23-26(24(28)29)15-16-27(23)25(30)31)13-14-22(20)32(18-7-3-4-8-18)19-9-5-6-10-19/h11-12,18-19,22H,3-10,13-16H2,1-2H3,(H,28,29)(H,30,31). The minimum absolute atomic E-state index is 0.198. The van der Waals surface area contributed by atoms with Gasteiger partial charge < -0.3 is 10.2 Å². The van der Waals surface area contributed by atoms with Gasteiger partial charge in [0.2, 0.25) is 0 Å². The van der Waals surface area contributed by atoms with Crippen molar-refractivity contribution in [3.05, 3.63) is 34.7 Å². The minimum Gasteiger partial charge on any atom is -0.465 e.